The van der Waals surface area contributed by atoms with E-state index in [9.17, 15) is 0 Å². The van der Waals surface area contributed by atoms with Crippen LogP contribution in [-0.4, -0.2) is 56.6 Å². The SMILES string of the molecule is C=N/C(=C(N/C=C\SC)/C(=C/C=NC1CCN(C)CC1)N=CN)c1cccc(CC)c1. The molecule has 7 heteroatoms. The molecule has 3 N–H and O–H groups in total. The lowest BCUT2D eigenvalue weighted by atomic mass is 10.0. The van der Waals surface area contributed by atoms with Crippen LogP contribution >= 0.6 is 11.8 Å². The number of benzene rings is 1. The highest BCUT2D eigenvalue weighted by Gasteiger charge is 2.15. The standard InChI is InChI=1S/C24H34N6S/c1-5-19-7-6-8-20(17-19)23(26-2)24(28-13-16-31-4)22(29-18-25)9-12-27-21-10-14-30(3)15-11-21/h6-9,12-13,16-18,21,28H,2,5,10-11,14-15H2,1,3-4H3,(H2,25,29)/b16-13-,22-9-,24-23-,27-12?. The van der Waals surface area contributed by atoms with Gasteiger partial charge in [-0.25, -0.2) is 4.99 Å². The van der Waals surface area contributed by atoms with Gasteiger partial charge >= 0.3 is 0 Å². The number of nitrogens with zero attached hydrogens (tertiary/aromatic N) is 4. The summed E-state index contributed by atoms with van der Waals surface area (Å²) in [5.41, 5.74) is 9.97. The minimum atomic E-state index is 0.338. The van der Waals surface area contributed by atoms with E-state index < -0.39 is 0 Å². The molecule has 1 aliphatic heterocycles. The molecule has 166 valence electrons. The predicted molar refractivity (Wildman–Crippen MR) is 138 cm³/mol. The van der Waals surface area contributed by atoms with Gasteiger partial charge in [-0.05, 0) is 75.5 Å². The number of rotatable bonds is 10. The van der Waals surface area contributed by atoms with Gasteiger partial charge in [0.05, 0.1) is 29.5 Å². The summed E-state index contributed by atoms with van der Waals surface area (Å²) in [5.74, 6) is 0. The van der Waals surface area contributed by atoms with Crippen LogP contribution in [0.5, 0.6) is 0 Å². The topological polar surface area (TPSA) is 78.4 Å². The van der Waals surface area contributed by atoms with Gasteiger partial charge in [0.1, 0.15) is 0 Å². The third-order valence-electron chi connectivity index (χ3n) is 5.12. The molecule has 31 heavy (non-hydrogen) atoms. The van der Waals surface area contributed by atoms with Gasteiger partial charge in [-0.3, -0.25) is 9.98 Å². The first-order valence-electron chi connectivity index (χ1n) is 10.5. The van der Waals surface area contributed by atoms with Crippen molar-refractivity contribution in [1.82, 2.24) is 10.2 Å². The Hall–Kier alpha value is -2.64. The Kier molecular flexibility index (Phi) is 10.8. The smallest absolute Gasteiger partial charge is 0.0951 e. The highest BCUT2D eigenvalue weighted by molar-refractivity contribution is 8.01. The number of nitrogens with one attached hydrogen (secondary N) is 1. The predicted octanol–water partition coefficient (Wildman–Crippen LogP) is 4.08. The van der Waals surface area contributed by atoms with Gasteiger partial charge in [0.25, 0.3) is 0 Å². The summed E-state index contributed by atoms with van der Waals surface area (Å²) in [6.45, 7) is 8.10. The normalized spacial score (nSPS) is 17.6. The summed E-state index contributed by atoms with van der Waals surface area (Å²) in [6.07, 6.45) is 11.9. The van der Waals surface area contributed by atoms with E-state index >= 15 is 0 Å². The van der Waals surface area contributed by atoms with E-state index in [0.29, 0.717) is 17.4 Å². The van der Waals surface area contributed by atoms with Gasteiger partial charge in [-0.15, -0.1) is 11.8 Å². The first kappa shape index (κ1) is 24.6. The van der Waals surface area contributed by atoms with Crippen LogP contribution in [0.15, 0.2) is 68.3 Å². The number of likely N-dealkylation sites (tertiary alicyclic amines) is 1. The summed E-state index contributed by atoms with van der Waals surface area (Å²) >= 11 is 1.60. The number of hydrogen-bond donors (Lipinski definition) is 2. The zero-order valence-electron chi connectivity index (χ0n) is 18.8. The Morgan fingerprint density at radius 2 is 2.13 bits per heavy atom. The molecule has 0 spiro atoms. The van der Waals surface area contributed by atoms with Crippen molar-refractivity contribution >= 4 is 36.7 Å². The fraction of sp³-hybridized carbons (Fsp3) is 0.375. The fourth-order valence-electron chi connectivity index (χ4n) is 3.35. The van der Waals surface area contributed by atoms with Crippen LogP contribution < -0.4 is 11.1 Å². The van der Waals surface area contributed by atoms with Gasteiger partial charge < -0.3 is 16.0 Å². The van der Waals surface area contributed by atoms with Gasteiger partial charge in [0, 0.05) is 18.0 Å². The monoisotopic (exact) mass is 438 g/mol. The number of piperidine rings is 1. The number of allylic oxidation sites excluding steroid dienone is 1. The van der Waals surface area contributed by atoms with Crippen molar-refractivity contribution in [3.8, 4) is 0 Å². The molecule has 1 fully saturated rings. The molecule has 1 saturated heterocycles. The van der Waals surface area contributed by atoms with E-state index in [1.165, 1.54) is 11.9 Å². The number of nitrogens with two attached hydrogens (primary N) is 1. The van der Waals surface area contributed by atoms with Crippen molar-refractivity contribution < 1.29 is 0 Å². The average Bonchev–Trinajstić information content (AvgIpc) is 2.79. The maximum atomic E-state index is 5.68. The molecule has 0 amide bonds. The van der Waals surface area contributed by atoms with Crippen LogP contribution in [0.3, 0.4) is 0 Å². The van der Waals surface area contributed by atoms with Crippen molar-refractivity contribution in [3.63, 3.8) is 0 Å². The average molecular weight is 439 g/mol. The highest BCUT2D eigenvalue weighted by atomic mass is 32.2. The molecule has 1 heterocycles. The van der Waals surface area contributed by atoms with Crippen molar-refractivity contribution in [2.45, 2.75) is 32.2 Å². The zero-order valence-corrected chi connectivity index (χ0v) is 19.6. The molecular weight excluding hydrogens is 404 g/mol. The summed E-state index contributed by atoms with van der Waals surface area (Å²) < 4.78 is 0. The van der Waals surface area contributed by atoms with Gasteiger partial charge in [0.2, 0.25) is 0 Å². The van der Waals surface area contributed by atoms with Crippen molar-refractivity contribution in [2.75, 3.05) is 26.4 Å². The number of thioether (sulfide) groups is 1. The van der Waals surface area contributed by atoms with Gasteiger partial charge in [0.15, 0.2) is 0 Å². The van der Waals surface area contributed by atoms with Crippen LogP contribution in [0.4, 0.5) is 0 Å². The molecule has 0 aromatic heterocycles. The Morgan fingerprint density at radius 3 is 2.77 bits per heavy atom. The first-order valence-corrected chi connectivity index (χ1v) is 11.8. The largest absolute Gasteiger partial charge is 0.390 e. The Bertz CT molecular complexity index is 861. The molecule has 0 radical (unpaired) electrons. The van der Waals surface area contributed by atoms with E-state index in [4.69, 9.17) is 10.7 Å². The lowest BCUT2D eigenvalue weighted by Gasteiger charge is -2.26. The molecule has 0 bridgehead atoms. The molecular formula is C24H34N6S. The Morgan fingerprint density at radius 1 is 1.35 bits per heavy atom. The summed E-state index contributed by atoms with van der Waals surface area (Å²) in [6, 6.07) is 8.63. The minimum Gasteiger partial charge on any atom is -0.390 e. The summed E-state index contributed by atoms with van der Waals surface area (Å²) in [4.78, 5) is 15.8. The number of aryl methyl sites for hydroxylation is 1. The van der Waals surface area contributed by atoms with Crippen molar-refractivity contribution in [2.24, 2.45) is 20.7 Å². The molecule has 6 nitrogen and oxygen atoms in total. The van der Waals surface area contributed by atoms with E-state index in [2.05, 4.69) is 53.0 Å². The fourth-order valence-corrected chi connectivity index (χ4v) is 3.56. The Balaban J connectivity index is 2.45. The summed E-state index contributed by atoms with van der Waals surface area (Å²) in [5, 5.41) is 5.28. The quantitative estimate of drug-likeness (QED) is 0.328. The molecule has 1 aliphatic rings. The van der Waals surface area contributed by atoms with Crippen LogP contribution in [0.2, 0.25) is 0 Å². The van der Waals surface area contributed by atoms with Crippen LogP contribution in [-0.2, 0) is 6.42 Å². The van der Waals surface area contributed by atoms with Crippen molar-refractivity contribution in [3.05, 3.63) is 64.5 Å². The van der Waals surface area contributed by atoms with Gasteiger partial charge in [-0.2, -0.15) is 0 Å². The van der Waals surface area contributed by atoms with E-state index in [0.717, 1.165) is 43.6 Å². The molecule has 0 unspecified atom stereocenters. The second kappa shape index (κ2) is 13.6. The molecule has 0 saturated carbocycles. The lowest BCUT2D eigenvalue weighted by molar-refractivity contribution is 0.257. The van der Waals surface area contributed by atoms with Crippen LogP contribution in [0.25, 0.3) is 5.70 Å². The van der Waals surface area contributed by atoms with Crippen molar-refractivity contribution in [1.29, 1.82) is 0 Å². The maximum absolute atomic E-state index is 5.68. The minimum absolute atomic E-state index is 0.338. The second-order valence-electron chi connectivity index (χ2n) is 7.28. The highest BCUT2D eigenvalue weighted by Crippen LogP contribution is 2.25. The molecule has 2 rings (SSSR count). The molecule has 0 atom stereocenters. The second-order valence-corrected chi connectivity index (χ2v) is 8.02. The molecule has 1 aromatic carbocycles. The molecule has 0 aliphatic carbocycles. The number of hydrogen-bond acceptors (Lipinski definition) is 6. The van der Waals surface area contributed by atoms with E-state index in [-0.39, 0.29) is 0 Å². The summed E-state index contributed by atoms with van der Waals surface area (Å²) in [7, 11) is 2.15. The third kappa shape index (κ3) is 7.84. The third-order valence-corrected chi connectivity index (χ3v) is 5.53. The van der Waals surface area contributed by atoms with E-state index in [1.54, 1.807) is 11.8 Å². The van der Waals surface area contributed by atoms with Gasteiger partial charge in [-0.1, -0.05) is 25.1 Å². The lowest BCUT2D eigenvalue weighted by Crippen LogP contribution is -2.31. The zero-order chi connectivity index (χ0) is 22.5. The maximum Gasteiger partial charge on any atom is 0.0951 e. The first-order chi connectivity index (χ1) is 15.1. The van der Waals surface area contributed by atoms with Crippen LogP contribution in [0, 0.1) is 0 Å². The van der Waals surface area contributed by atoms with E-state index in [1.807, 2.05) is 42.3 Å². The number of aliphatic imine (C=N–C) groups is 3. The Labute approximate surface area is 190 Å². The molecule has 1 aromatic rings. The van der Waals surface area contributed by atoms with Crippen LogP contribution in [0.1, 0.15) is 30.9 Å².